The van der Waals surface area contributed by atoms with Crippen molar-refractivity contribution in [3.05, 3.63) is 0 Å². The lowest BCUT2D eigenvalue weighted by molar-refractivity contribution is -0.142. The van der Waals surface area contributed by atoms with Crippen molar-refractivity contribution in [2.45, 2.75) is 19.0 Å². The summed E-state index contributed by atoms with van der Waals surface area (Å²) in [6.45, 7) is 0.804. The largest absolute Gasteiger partial charge is 0.469 e. The molecular weight excluding hydrogens is 239 g/mol. The van der Waals surface area contributed by atoms with Crippen LogP contribution >= 0.6 is 0 Å². The molecule has 0 bridgehead atoms. The molecule has 0 aliphatic heterocycles. The van der Waals surface area contributed by atoms with Gasteiger partial charge in [-0.3, -0.25) is 4.79 Å². The van der Waals surface area contributed by atoms with Gasteiger partial charge in [0.2, 0.25) is 0 Å². The van der Waals surface area contributed by atoms with E-state index in [1.54, 1.807) is 0 Å². The first-order chi connectivity index (χ1) is 7.89. The average molecular weight is 257 g/mol. The Balaban J connectivity index is 4.00. The maximum atomic E-state index is 12.1. The Morgan fingerprint density at radius 1 is 1.18 bits per heavy atom. The van der Waals surface area contributed by atoms with Gasteiger partial charge in [-0.25, -0.2) is 0 Å². The number of methoxy groups -OCH3 is 2. The Labute approximate surface area is 98.7 Å². The molecule has 0 radical (unpaired) electrons. The van der Waals surface area contributed by atoms with Crippen molar-refractivity contribution in [3.8, 4) is 0 Å². The third-order valence-corrected chi connectivity index (χ3v) is 2.18. The van der Waals surface area contributed by atoms with Crippen LogP contribution in [0.1, 0.15) is 12.8 Å². The summed E-state index contributed by atoms with van der Waals surface area (Å²) < 4.78 is 45.4. The number of carbonyl (C=O) groups is 1. The minimum absolute atomic E-state index is 0.0814. The van der Waals surface area contributed by atoms with Gasteiger partial charge in [-0.05, 0) is 0 Å². The fourth-order valence-corrected chi connectivity index (χ4v) is 1.19. The van der Waals surface area contributed by atoms with Gasteiger partial charge in [-0.1, -0.05) is 0 Å². The highest BCUT2D eigenvalue weighted by Crippen LogP contribution is 2.19. The normalized spacial score (nSPS) is 11.9. The molecule has 0 spiro atoms. The Kier molecular flexibility index (Phi) is 7.90. The van der Waals surface area contributed by atoms with Crippen LogP contribution in [0.3, 0.4) is 0 Å². The Morgan fingerprint density at radius 3 is 2.29 bits per heavy atom. The molecule has 0 rings (SSSR count). The number of carbonyl (C=O) groups excluding carboxylic acids is 1. The molecule has 7 heteroatoms. The number of esters is 1. The van der Waals surface area contributed by atoms with Crippen LogP contribution < -0.4 is 0 Å². The van der Waals surface area contributed by atoms with Gasteiger partial charge in [0.25, 0.3) is 0 Å². The lowest BCUT2D eigenvalue weighted by atomic mass is 10.3. The molecule has 0 N–H and O–H groups in total. The lowest BCUT2D eigenvalue weighted by Gasteiger charge is -2.21. The first-order valence-corrected chi connectivity index (χ1v) is 5.24. The molecule has 0 aromatic rings. The van der Waals surface area contributed by atoms with E-state index in [1.807, 2.05) is 0 Å². The molecule has 102 valence electrons. The molecule has 0 atom stereocenters. The number of ether oxygens (including phenoxy) is 2. The first-order valence-electron chi connectivity index (χ1n) is 5.24. The number of alkyl halides is 3. The number of rotatable bonds is 8. The fourth-order valence-electron chi connectivity index (χ4n) is 1.19. The van der Waals surface area contributed by atoms with Gasteiger partial charge in [0.1, 0.15) is 0 Å². The molecular formula is C10H18F3NO3. The second kappa shape index (κ2) is 8.30. The van der Waals surface area contributed by atoms with Crippen LogP contribution in [0, 0.1) is 0 Å². The van der Waals surface area contributed by atoms with Gasteiger partial charge < -0.3 is 14.4 Å². The lowest BCUT2D eigenvalue weighted by Crippen LogP contribution is -2.33. The molecule has 4 nitrogen and oxygen atoms in total. The highest BCUT2D eigenvalue weighted by atomic mass is 19.4. The van der Waals surface area contributed by atoms with E-state index in [2.05, 4.69) is 4.74 Å². The van der Waals surface area contributed by atoms with Crippen molar-refractivity contribution in [3.63, 3.8) is 0 Å². The van der Waals surface area contributed by atoms with Crippen molar-refractivity contribution in [1.29, 1.82) is 0 Å². The van der Waals surface area contributed by atoms with Crippen molar-refractivity contribution >= 4 is 5.97 Å². The molecule has 0 aromatic carbocycles. The molecule has 0 amide bonds. The summed E-state index contributed by atoms with van der Waals surface area (Å²) in [6.07, 6.45) is -4.99. The third kappa shape index (κ3) is 10.1. The van der Waals surface area contributed by atoms with Crippen LogP contribution in [0.4, 0.5) is 13.2 Å². The van der Waals surface area contributed by atoms with Crippen molar-refractivity contribution < 1.29 is 27.4 Å². The second-order valence-corrected chi connectivity index (χ2v) is 3.53. The summed E-state index contributed by atoms with van der Waals surface area (Å²) in [7, 11) is 2.72. The van der Waals surface area contributed by atoms with E-state index in [0.29, 0.717) is 13.2 Å². The molecule has 0 saturated carbocycles. The van der Waals surface area contributed by atoms with E-state index >= 15 is 0 Å². The van der Waals surface area contributed by atoms with E-state index in [4.69, 9.17) is 4.74 Å². The monoisotopic (exact) mass is 257 g/mol. The molecule has 0 saturated heterocycles. The minimum atomic E-state index is -4.18. The van der Waals surface area contributed by atoms with E-state index in [1.165, 1.54) is 19.1 Å². The molecule has 0 heterocycles. The number of hydrogen-bond donors (Lipinski definition) is 0. The van der Waals surface area contributed by atoms with Gasteiger partial charge >= 0.3 is 12.1 Å². The zero-order valence-corrected chi connectivity index (χ0v) is 10.0. The molecule has 0 unspecified atom stereocenters. The van der Waals surface area contributed by atoms with Gasteiger partial charge in [-0.15, -0.1) is 0 Å². The van der Waals surface area contributed by atoms with E-state index < -0.39 is 18.6 Å². The standard InChI is InChI=1S/C10H18F3NO3/c1-16-8-7-14(5-3-9(15)17-2)6-4-10(11,12)13/h3-8H2,1-2H3. The predicted octanol–water partition coefficient (Wildman–Crippen LogP) is 1.45. The number of nitrogens with zero attached hydrogens (tertiary/aromatic N) is 1. The summed E-state index contributed by atoms with van der Waals surface area (Å²) in [5.74, 6) is -0.431. The Morgan fingerprint density at radius 2 is 1.82 bits per heavy atom. The molecule has 0 aliphatic carbocycles. The quantitative estimate of drug-likeness (QED) is 0.617. The van der Waals surface area contributed by atoms with E-state index in [0.717, 1.165) is 0 Å². The zero-order chi connectivity index (χ0) is 13.3. The minimum Gasteiger partial charge on any atom is -0.469 e. The SMILES string of the molecule is COCCN(CCC(=O)OC)CCC(F)(F)F. The van der Waals surface area contributed by atoms with Crippen LogP contribution in [0.2, 0.25) is 0 Å². The topological polar surface area (TPSA) is 38.8 Å². The van der Waals surface area contributed by atoms with Crippen molar-refractivity contribution in [2.24, 2.45) is 0 Å². The number of halogens is 3. The smallest absolute Gasteiger partial charge is 0.390 e. The van der Waals surface area contributed by atoms with Gasteiger partial charge in [0.15, 0.2) is 0 Å². The van der Waals surface area contributed by atoms with Crippen LogP contribution in [-0.4, -0.2) is 57.5 Å². The summed E-state index contributed by atoms with van der Waals surface area (Å²) in [6, 6.07) is 0. The zero-order valence-electron chi connectivity index (χ0n) is 10.0. The van der Waals surface area contributed by atoms with Crippen molar-refractivity contribution in [1.82, 2.24) is 4.90 Å². The van der Waals surface area contributed by atoms with Crippen LogP contribution in [0.15, 0.2) is 0 Å². The summed E-state index contributed by atoms with van der Waals surface area (Å²) in [5.41, 5.74) is 0. The second-order valence-electron chi connectivity index (χ2n) is 3.53. The molecule has 0 aliphatic rings. The predicted molar refractivity (Wildman–Crippen MR) is 55.6 cm³/mol. The summed E-state index contributed by atoms with van der Waals surface area (Å²) in [4.78, 5) is 12.4. The van der Waals surface area contributed by atoms with Gasteiger partial charge in [-0.2, -0.15) is 13.2 Å². The van der Waals surface area contributed by atoms with E-state index in [9.17, 15) is 18.0 Å². The van der Waals surface area contributed by atoms with Crippen LogP contribution in [0.5, 0.6) is 0 Å². The Bertz CT molecular complexity index is 221. The van der Waals surface area contributed by atoms with E-state index in [-0.39, 0.29) is 19.5 Å². The molecule has 0 fully saturated rings. The third-order valence-electron chi connectivity index (χ3n) is 2.18. The highest BCUT2D eigenvalue weighted by Gasteiger charge is 2.27. The van der Waals surface area contributed by atoms with Gasteiger partial charge in [0, 0.05) is 26.7 Å². The molecule has 17 heavy (non-hydrogen) atoms. The van der Waals surface area contributed by atoms with Crippen molar-refractivity contribution in [2.75, 3.05) is 40.5 Å². The number of hydrogen-bond acceptors (Lipinski definition) is 4. The fraction of sp³-hybridized carbons (Fsp3) is 0.900. The van der Waals surface area contributed by atoms with Gasteiger partial charge in [0.05, 0.1) is 26.6 Å². The highest BCUT2D eigenvalue weighted by molar-refractivity contribution is 5.69. The maximum Gasteiger partial charge on any atom is 0.390 e. The summed E-state index contributed by atoms with van der Waals surface area (Å²) >= 11 is 0. The average Bonchev–Trinajstić information content (AvgIpc) is 2.26. The van der Waals surface area contributed by atoms with Crippen LogP contribution in [0.25, 0.3) is 0 Å². The maximum absolute atomic E-state index is 12.1. The molecule has 0 aromatic heterocycles. The first kappa shape index (κ1) is 16.2. The Hall–Kier alpha value is -0.820. The van der Waals surface area contributed by atoms with Crippen LogP contribution in [-0.2, 0) is 14.3 Å². The summed E-state index contributed by atoms with van der Waals surface area (Å²) in [5, 5.41) is 0.